The lowest BCUT2D eigenvalue weighted by Gasteiger charge is -2.25. The van der Waals surface area contributed by atoms with Crippen molar-refractivity contribution < 1.29 is 9.90 Å². The van der Waals surface area contributed by atoms with Crippen LogP contribution in [-0.2, 0) is 0 Å². The fourth-order valence-corrected chi connectivity index (χ4v) is 1.22. The van der Waals surface area contributed by atoms with E-state index in [-0.39, 0.29) is 17.6 Å². The molecular weight excluding hydrogens is 188 g/mol. The number of benzene rings is 1. The van der Waals surface area contributed by atoms with Gasteiger partial charge in [-0.15, -0.1) is 0 Å². The minimum absolute atomic E-state index is 0.00183. The summed E-state index contributed by atoms with van der Waals surface area (Å²) < 4.78 is 0. The van der Waals surface area contributed by atoms with Gasteiger partial charge in [0.05, 0.1) is 6.10 Å². The van der Waals surface area contributed by atoms with E-state index in [9.17, 15) is 9.90 Å². The quantitative estimate of drug-likeness (QED) is 0.772. The van der Waals surface area contributed by atoms with Gasteiger partial charge in [0.15, 0.2) is 5.78 Å². The normalized spacial score (nSPS) is 13.6. The van der Waals surface area contributed by atoms with E-state index in [1.54, 1.807) is 12.1 Å². The predicted molar refractivity (Wildman–Crippen MR) is 60.9 cm³/mol. The zero-order valence-corrected chi connectivity index (χ0v) is 9.53. The van der Waals surface area contributed by atoms with Gasteiger partial charge in [0.2, 0.25) is 0 Å². The van der Waals surface area contributed by atoms with Crippen molar-refractivity contribution in [3.8, 4) is 0 Å². The second kappa shape index (κ2) is 4.58. The van der Waals surface area contributed by atoms with Gasteiger partial charge >= 0.3 is 0 Å². The van der Waals surface area contributed by atoms with Gasteiger partial charge in [0.1, 0.15) is 0 Å². The minimum Gasteiger partial charge on any atom is -0.392 e. The number of ketones is 1. The van der Waals surface area contributed by atoms with E-state index in [2.05, 4.69) is 0 Å². The molecule has 0 spiro atoms. The molecule has 0 heterocycles. The molecule has 0 saturated carbocycles. The molecule has 0 bridgehead atoms. The number of aliphatic hydroxyl groups excluding tert-OH is 1. The summed E-state index contributed by atoms with van der Waals surface area (Å²) in [5.74, 6) is -0.00183. The summed E-state index contributed by atoms with van der Waals surface area (Å²) in [7, 11) is 0. The Morgan fingerprint density at radius 3 is 2.27 bits per heavy atom. The van der Waals surface area contributed by atoms with Gasteiger partial charge in [-0.25, -0.2) is 0 Å². The molecule has 0 aromatic heterocycles. The van der Waals surface area contributed by atoms with Crippen molar-refractivity contribution in [1.82, 2.24) is 0 Å². The van der Waals surface area contributed by atoms with Crippen molar-refractivity contribution >= 4 is 5.78 Å². The molecular formula is C13H18O2. The molecule has 0 aliphatic carbocycles. The largest absolute Gasteiger partial charge is 0.392 e. The van der Waals surface area contributed by atoms with Crippen molar-refractivity contribution in [1.29, 1.82) is 0 Å². The van der Waals surface area contributed by atoms with Crippen molar-refractivity contribution in [3.63, 3.8) is 0 Å². The molecule has 0 aliphatic rings. The summed E-state index contributed by atoms with van der Waals surface area (Å²) in [4.78, 5) is 11.7. The van der Waals surface area contributed by atoms with Crippen LogP contribution in [-0.4, -0.2) is 17.0 Å². The molecule has 0 saturated heterocycles. The number of carbonyl (C=O) groups excluding carboxylic acids is 1. The molecule has 0 radical (unpaired) electrons. The Labute approximate surface area is 90.9 Å². The number of hydrogen-bond acceptors (Lipinski definition) is 2. The SMILES string of the molecule is CC(C)(C)C(O)CC(=O)c1ccccc1. The Kier molecular flexibility index (Phi) is 3.64. The zero-order valence-electron chi connectivity index (χ0n) is 9.53. The highest BCUT2D eigenvalue weighted by molar-refractivity contribution is 5.96. The predicted octanol–water partition coefficient (Wildman–Crippen LogP) is 2.67. The highest BCUT2D eigenvalue weighted by Crippen LogP contribution is 2.22. The highest BCUT2D eigenvalue weighted by atomic mass is 16.3. The second-order valence-corrected chi connectivity index (χ2v) is 4.88. The molecule has 82 valence electrons. The van der Waals surface area contributed by atoms with E-state index in [1.807, 2.05) is 39.0 Å². The maximum absolute atomic E-state index is 11.7. The number of hydrogen-bond donors (Lipinski definition) is 1. The lowest BCUT2D eigenvalue weighted by molar-refractivity contribution is 0.0494. The van der Waals surface area contributed by atoms with Crippen LogP contribution in [0.5, 0.6) is 0 Å². The number of aliphatic hydroxyl groups is 1. The van der Waals surface area contributed by atoms with Crippen molar-refractivity contribution in [2.45, 2.75) is 33.3 Å². The Morgan fingerprint density at radius 1 is 1.27 bits per heavy atom. The van der Waals surface area contributed by atoms with Crippen molar-refractivity contribution in [3.05, 3.63) is 35.9 Å². The molecule has 1 unspecified atom stereocenters. The fraction of sp³-hybridized carbons (Fsp3) is 0.462. The third-order valence-electron chi connectivity index (χ3n) is 2.47. The molecule has 1 aromatic carbocycles. The smallest absolute Gasteiger partial charge is 0.165 e. The van der Waals surface area contributed by atoms with E-state index in [0.29, 0.717) is 5.56 Å². The molecule has 1 rings (SSSR count). The third-order valence-corrected chi connectivity index (χ3v) is 2.47. The van der Waals surface area contributed by atoms with E-state index >= 15 is 0 Å². The number of carbonyl (C=O) groups is 1. The van der Waals surface area contributed by atoms with Crippen molar-refractivity contribution in [2.24, 2.45) is 5.41 Å². The summed E-state index contributed by atoms with van der Waals surface area (Å²) >= 11 is 0. The highest BCUT2D eigenvalue weighted by Gasteiger charge is 2.24. The molecule has 0 aliphatic heterocycles. The Balaban J connectivity index is 2.65. The monoisotopic (exact) mass is 206 g/mol. The van der Waals surface area contributed by atoms with Gasteiger partial charge in [-0.05, 0) is 5.41 Å². The Bertz CT molecular complexity index is 322. The molecule has 15 heavy (non-hydrogen) atoms. The van der Waals surface area contributed by atoms with Gasteiger partial charge in [0, 0.05) is 12.0 Å². The lowest BCUT2D eigenvalue weighted by Crippen LogP contribution is -2.28. The van der Waals surface area contributed by atoms with Crippen LogP contribution in [0.1, 0.15) is 37.6 Å². The molecule has 1 atom stereocenters. The maximum atomic E-state index is 11.7. The first-order valence-electron chi connectivity index (χ1n) is 5.17. The van der Waals surface area contributed by atoms with E-state index in [4.69, 9.17) is 0 Å². The van der Waals surface area contributed by atoms with Crippen LogP contribution in [0, 0.1) is 5.41 Å². The Morgan fingerprint density at radius 2 is 1.80 bits per heavy atom. The molecule has 2 nitrogen and oxygen atoms in total. The van der Waals surface area contributed by atoms with Gasteiger partial charge in [-0.3, -0.25) is 4.79 Å². The summed E-state index contributed by atoms with van der Waals surface area (Å²) in [6, 6.07) is 9.08. The van der Waals surface area contributed by atoms with Gasteiger partial charge in [-0.1, -0.05) is 51.1 Å². The molecule has 0 amide bonds. The molecule has 0 fully saturated rings. The summed E-state index contributed by atoms with van der Waals surface area (Å²) in [6.07, 6.45) is -0.404. The number of rotatable bonds is 3. The molecule has 2 heteroatoms. The first-order chi connectivity index (χ1) is 6.91. The lowest BCUT2D eigenvalue weighted by atomic mass is 9.85. The molecule has 1 aromatic rings. The molecule has 1 N–H and O–H groups in total. The van der Waals surface area contributed by atoms with E-state index in [0.717, 1.165) is 0 Å². The standard InChI is InChI=1S/C13H18O2/c1-13(2,3)12(15)9-11(14)10-7-5-4-6-8-10/h4-8,12,15H,9H2,1-3H3. The maximum Gasteiger partial charge on any atom is 0.165 e. The van der Waals surface area contributed by atoms with Crippen LogP contribution in [0.3, 0.4) is 0 Å². The summed E-state index contributed by atoms with van der Waals surface area (Å²) in [5, 5.41) is 9.80. The Hall–Kier alpha value is -1.15. The van der Waals surface area contributed by atoms with Crippen LogP contribution >= 0.6 is 0 Å². The first-order valence-corrected chi connectivity index (χ1v) is 5.17. The fourth-order valence-electron chi connectivity index (χ4n) is 1.22. The third kappa shape index (κ3) is 3.48. The minimum atomic E-state index is -0.592. The zero-order chi connectivity index (χ0) is 11.5. The van der Waals surface area contributed by atoms with E-state index in [1.165, 1.54) is 0 Å². The van der Waals surface area contributed by atoms with Crippen LogP contribution in [0.15, 0.2) is 30.3 Å². The summed E-state index contributed by atoms with van der Waals surface area (Å²) in [5.41, 5.74) is 0.422. The van der Waals surface area contributed by atoms with Gasteiger partial charge in [0.25, 0.3) is 0 Å². The van der Waals surface area contributed by atoms with Gasteiger partial charge < -0.3 is 5.11 Å². The second-order valence-electron chi connectivity index (χ2n) is 4.88. The van der Waals surface area contributed by atoms with Crippen LogP contribution in [0.2, 0.25) is 0 Å². The van der Waals surface area contributed by atoms with Crippen LogP contribution in [0.25, 0.3) is 0 Å². The topological polar surface area (TPSA) is 37.3 Å². The van der Waals surface area contributed by atoms with Crippen molar-refractivity contribution in [2.75, 3.05) is 0 Å². The van der Waals surface area contributed by atoms with E-state index < -0.39 is 6.10 Å². The average Bonchev–Trinajstić information content (AvgIpc) is 2.17. The number of Topliss-reactive ketones (excluding diaryl/α,β-unsaturated/α-hetero) is 1. The van der Waals surface area contributed by atoms with Crippen LogP contribution < -0.4 is 0 Å². The van der Waals surface area contributed by atoms with Crippen LogP contribution in [0.4, 0.5) is 0 Å². The first kappa shape index (κ1) is 11.9. The van der Waals surface area contributed by atoms with Gasteiger partial charge in [-0.2, -0.15) is 0 Å². The summed E-state index contributed by atoms with van der Waals surface area (Å²) in [6.45, 7) is 5.78. The average molecular weight is 206 g/mol.